The zero-order valence-electron chi connectivity index (χ0n) is 13.5. The predicted molar refractivity (Wildman–Crippen MR) is 87.6 cm³/mol. The topological polar surface area (TPSA) is 21.3 Å². The molecule has 1 atom stereocenters. The largest absolute Gasteiger partial charge is 0.378 e. The first kappa shape index (κ1) is 15.1. The maximum absolute atomic E-state index is 5.68. The van der Waals surface area contributed by atoms with E-state index in [1.807, 2.05) is 0 Å². The number of aryl methyl sites for hydroxylation is 2. The lowest BCUT2D eigenvalue weighted by Crippen LogP contribution is -2.34. The summed E-state index contributed by atoms with van der Waals surface area (Å²) in [6.45, 7) is 2.95. The number of benzene rings is 1. The second-order valence-corrected chi connectivity index (χ2v) is 6.73. The van der Waals surface area contributed by atoms with Crippen LogP contribution in [0.1, 0.15) is 61.8 Å². The Morgan fingerprint density at radius 1 is 1.19 bits per heavy atom. The Kier molecular flexibility index (Phi) is 4.97. The van der Waals surface area contributed by atoms with Crippen LogP contribution in [0, 0.1) is 5.92 Å². The van der Waals surface area contributed by atoms with Crippen molar-refractivity contribution in [3.63, 3.8) is 0 Å². The fourth-order valence-electron chi connectivity index (χ4n) is 3.96. The summed E-state index contributed by atoms with van der Waals surface area (Å²) in [6, 6.07) is 7.70. The Morgan fingerprint density at radius 2 is 1.95 bits per heavy atom. The molecule has 0 aliphatic heterocycles. The SMILES string of the molecule is CCOC1CC(CC(NC)c2ccc3c(c2)CCCC3)C1. The molecule has 2 aliphatic rings. The Morgan fingerprint density at radius 3 is 2.67 bits per heavy atom. The normalized spacial score (nSPS) is 26.0. The van der Waals surface area contributed by atoms with Gasteiger partial charge in [-0.15, -0.1) is 0 Å². The van der Waals surface area contributed by atoms with E-state index in [0.717, 1.165) is 12.5 Å². The van der Waals surface area contributed by atoms with Crippen molar-refractivity contribution in [2.75, 3.05) is 13.7 Å². The molecule has 1 unspecified atom stereocenters. The molecule has 2 nitrogen and oxygen atoms in total. The highest BCUT2D eigenvalue weighted by Crippen LogP contribution is 2.37. The van der Waals surface area contributed by atoms with Gasteiger partial charge in [0.05, 0.1) is 6.10 Å². The highest BCUT2D eigenvalue weighted by atomic mass is 16.5. The first-order valence-corrected chi connectivity index (χ1v) is 8.70. The van der Waals surface area contributed by atoms with Crippen molar-refractivity contribution in [3.8, 4) is 0 Å². The van der Waals surface area contributed by atoms with Crippen LogP contribution in [0.15, 0.2) is 18.2 Å². The summed E-state index contributed by atoms with van der Waals surface area (Å²) in [6.07, 6.45) is 9.55. The molecule has 1 aromatic rings. The predicted octanol–water partition coefficient (Wildman–Crippen LogP) is 4.03. The van der Waals surface area contributed by atoms with E-state index in [9.17, 15) is 0 Å². The van der Waals surface area contributed by atoms with E-state index in [2.05, 4.69) is 37.5 Å². The minimum absolute atomic E-state index is 0.504. The van der Waals surface area contributed by atoms with E-state index in [0.29, 0.717) is 12.1 Å². The third-order valence-corrected chi connectivity index (χ3v) is 5.29. The second kappa shape index (κ2) is 6.93. The second-order valence-electron chi connectivity index (χ2n) is 6.73. The molecule has 116 valence electrons. The van der Waals surface area contributed by atoms with Gasteiger partial charge in [0.25, 0.3) is 0 Å². The van der Waals surface area contributed by atoms with Crippen molar-refractivity contribution in [3.05, 3.63) is 34.9 Å². The Labute approximate surface area is 129 Å². The van der Waals surface area contributed by atoms with Gasteiger partial charge in [-0.2, -0.15) is 0 Å². The minimum Gasteiger partial charge on any atom is -0.378 e. The molecule has 21 heavy (non-hydrogen) atoms. The van der Waals surface area contributed by atoms with Crippen LogP contribution in [0.25, 0.3) is 0 Å². The number of fused-ring (bicyclic) bond motifs is 1. The molecule has 0 radical (unpaired) electrons. The number of ether oxygens (including phenoxy) is 1. The van der Waals surface area contributed by atoms with E-state index >= 15 is 0 Å². The smallest absolute Gasteiger partial charge is 0.0580 e. The standard InChI is InChI=1S/C19H29NO/c1-3-21-18-10-14(11-18)12-19(20-2)17-9-8-15-6-4-5-7-16(15)13-17/h8-9,13-14,18-20H,3-7,10-12H2,1-2H3. The van der Waals surface area contributed by atoms with Gasteiger partial charge in [-0.25, -0.2) is 0 Å². The first-order valence-electron chi connectivity index (χ1n) is 8.70. The van der Waals surface area contributed by atoms with Crippen LogP contribution in [0.3, 0.4) is 0 Å². The van der Waals surface area contributed by atoms with E-state index in [1.165, 1.54) is 50.5 Å². The van der Waals surface area contributed by atoms with Gasteiger partial charge >= 0.3 is 0 Å². The van der Waals surface area contributed by atoms with Gasteiger partial charge < -0.3 is 10.1 Å². The van der Waals surface area contributed by atoms with E-state index in [4.69, 9.17) is 4.74 Å². The third kappa shape index (κ3) is 3.49. The summed E-state index contributed by atoms with van der Waals surface area (Å²) >= 11 is 0. The van der Waals surface area contributed by atoms with Gasteiger partial charge in [-0.1, -0.05) is 18.2 Å². The Bertz CT molecular complexity index is 465. The number of hydrogen-bond acceptors (Lipinski definition) is 2. The number of nitrogens with one attached hydrogen (secondary N) is 1. The Hall–Kier alpha value is -0.860. The van der Waals surface area contributed by atoms with Crippen molar-refractivity contribution in [2.24, 2.45) is 5.92 Å². The van der Waals surface area contributed by atoms with Gasteiger partial charge in [0, 0.05) is 12.6 Å². The first-order chi connectivity index (χ1) is 10.3. The van der Waals surface area contributed by atoms with E-state index in [1.54, 1.807) is 11.1 Å². The zero-order valence-corrected chi connectivity index (χ0v) is 13.5. The quantitative estimate of drug-likeness (QED) is 0.853. The van der Waals surface area contributed by atoms with E-state index in [-0.39, 0.29) is 0 Å². The van der Waals surface area contributed by atoms with Gasteiger partial charge in [0.2, 0.25) is 0 Å². The fraction of sp³-hybridized carbons (Fsp3) is 0.684. The molecule has 1 saturated carbocycles. The Balaban J connectivity index is 1.61. The molecular formula is C19H29NO. The summed E-state index contributed by atoms with van der Waals surface area (Å²) in [5, 5.41) is 3.53. The van der Waals surface area contributed by atoms with Crippen LogP contribution >= 0.6 is 0 Å². The molecule has 2 aliphatic carbocycles. The third-order valence-electron chi connectivity index (χ3n) is 5.29. The summed E-state index contributed by atoms with van der Waals surface area (Å²) in [4.78, 5) is 0. The molecular weight excluding hydrogens is 258 g/mol. The highest BCUT2D eigenvalue weighted by molar-refractivity contribution is 5.35. The monoisotopic (exact) mass is 287 g/mol. The summed E-state index contributed by atoms with van der Waals surface area (Å²) < 4.78 is 5.68. The summed E-state index contributed by atoms with van der Waals surface area (Å²) in [5.41, 5.74) is 4.66. The van der Waals surface area contributed by atoms with Crippen molar-refractivity contribution < 1.29 is 4.74 Å². The van der Waals surface area contributed by atoms with Crippen molar-refractivity contribution in [1.82, 2.24) is 5.32 Å². The van der Waals surface area contributed by atoms with Crippen LogP contribution in [-0.4, -0.2) is 19.8 Å². The lowest BCUT2D eigenvalue weighted by Gasteiger charge is -2.37. The average molecular weight is 287 g/mol. The van der Waals surface area contributed by atoms with Gasteiger partial charge in [0.15, 0.2) is 0 Å². The lowest BCUT2D eigenvalue weighted by molar-refractivity contribution is -0.0289. The zero-order chi connectivity index (χ0) is 14.7. The van der Waals surface area contributed by atoms with Crippen molar-refractivity contribution in [1.29, 1.82) is 0 Å². The molecule has 1 aromatic carbocycles. The molecule has 0 aromatic heterocycles. The molecule has 1 N–H and O–H groups in total. The van der Waals surface area contributed by atoms with Crippen molar-refractivity contribution >= 4 is 0 Å². The lowest BCUT2D eigenvalue weighted by atomic mass is 9.77. The fourth-order valence-corrected chi connectivity index (χ4v) is 3.96. The van der Waals surface area contributed by atoms with Crippen molar-refractivity contribution in [2.45, 2.75) is 64.0 Å². The van der Waals surface area contributed by atoms with Crippen LogP contribution in [-0.2, 0) is 17.6 Å². The molecule has 0 amide bonds. The highest BCUT2D eigenvalue weighted by Gasteiger charge is 2.31. The number of rotatable bonds is 6. The maximum atomic E-state index is 5.68. The molecule has 0 heterocycles. The van der Waals surface area contributed by atoms with Gasteiger partial charge in [0.1, 0.15) is 0 Å². The molecule has 0 bridgehead atoms. The molecule has 0 spiro atoms. The minimum atomic E-state index is 0.504. The summed E-state index contributed by atoms with van der Waals surface area (Å²) in [5.74, 6) is 0.829. The van der Waals surface area contributed by atoms with Gasteiger partial charge in [-0.05, 0) is 81.5 Å². The molecule has 0 saturated heterocycles. The van der Waals surface area contributed by atoms with Crippen LogP contribution in [0.2, 0.25) is 0 Å². The average Bonchev–Trinajstić information content (AvgIpc) is 2.49. The van der Waals surface area contributed by atoms with Crippen LogP contribution in [0.4, 0.5) is 0 Å². The summed E-state index contributed by atoms with van der Waals surface area (Å²) in [7, 11) is 2.10. The van der Waals surface area contributed by atoms with E-state index < -0.39 is 0 Å². The molecule has 3 rings (SSSR count). The van der Waals surface area contributed by atoms with Gasteiger partial charge in [-0.3, -0.25) is 0 Å². The van der Waals surface area contributed by atoms with Crippen LogP contribution in [0.5, 0.6) is 0 Å². The van der Waals surface area contributed by atoms with Crippen LogP contribution < -0.4 is 5.32 Å². The maximum Gasteiger partial charge on any atom is 0.0580 e. The molecule has 2 heteroatoms. The number of hydrogen-bond donors (Lipinski definition) is 1. The molecule has 1 fully saturated rings.